The van der Waals surface area contributed by atoms with Crippen molar-refractivity contribution < 1.29 is 4.74 Å². The molecule has 0 atom stereocenters. The highest BCUT2D eigenvalue weighted by Gasteiger charge is 2.05. The van der Waals surface area contributed by atoms with Crippen molar-refractivity contribution in [3.63, 3.8) is 0 Å². The molecule has 0 saturated carbocycles. The number of nitriles is 1. The van der Waals surface area contributed by atoms with Gasteiger partial charge < -0.3 is 10.5 Å². The molecule has 0 aliphatic carbocycles. The highest BCUT2D eigenvalue weighted by atomic mass is 35.5. The Balaban J connectivity index is 3.28. The Kier molecular flexibility index (Phi) is 2.41. The van der Waals surface area contributed by atoms with Crippen LogP contribution in [0.1, 0.15) is 5.56 Å². The van der Waals surface area contributed by atoms with Crippen LogP contribution in [0.15, 0.2) is 12.1 Å². The molecule has 0 saturated heterocycles. The van der Waals surface area contributed by atoms with Crippen LogP contribution in [0.3, 0.4) is 0 Å². The predicted molar refractivity (Wildman–Crippen MR) is 47.1 cm³/mol. The van der Waals surface area contributed by atoms with Crippen molar-refractivity contribution in [2.24, 2.45) is 0 Å². The zero-order chi connectivity index (χ0) is 9.14. The van der Waals surface area contributed by atoms with Crippen LogP contribution in [0, 0.1) is 11.3 Å². The minimum Gasteiger partial charge on any atom is -0.495 e. The minimum atomic E-state index is 0.351. The van der Waals surface area contributed by atoms with Gasteiger partial charge in [-0.15, -0.1) is 0 Å². The third kappa shape index (κ3) is 1.44. The molecule has 0 unspecified atom stereocenters. The second kappa shape index (κ2) is 3.33. The van der Waals surface area contributed by atoms with Gasteiger partial charge in [-0.3, -0.25) is 0 Å². The van der Waals surface area contributed by atoms with E-state index in [1.165, 1.54) is 19.2 Å². The largest absolute Gasteiger partial charge is 0.495 e. The van der Waals surface area contributed by atoms with E-state index in [2.05, 4.69) is 0 Å². The Labute approximate surface area is 75.3 Å². The SMILES string of the molecule is COc1cc(Cl)c(C#N)cc1N. The van der Waals surface area contributed by atoms with Gasteiger partial charge in [-0.25, -0.2) is 0 Å². The van der Waals surface area contributed by atoms with Crippen LogP contribution in [0.5, 0.6) is 5.75 Å². The maximum absolute atomic E-state index is 8.58. The first-order valence-electron chi connectivity index (χ1n) is 3.22. The molecule has 3 nitrogen and oxygen atoms in total. The Morgan fingerprint density at radius 2 is 2.25 bits per heavy atom. The maximum Gasteiger partial charge on any atom is 0.143 e. The highest BCUT2D eigenvalue weighted by Crippen LogP contribution is 2.28. The number of hydrogen-bond donors (Lipinski definition) is 1. The molecule has 0 aliphatic heterocycles. The summed E-state index contributed by atoms with van der Waals surface area (Å²) in [5.41, 5.74) is 6.31. The molecule has 0 amide bonds. The van der Waals surface area contributed by atoms with Crippen LogP contribution in [-0.2, 0) is 0 Å². The van der Waals surface area contributed by atoms with Gasteiger partial charge in [0, 0.05) is 6.07 Å². The number of methoxy groups -OCH3 is 1. The third-order valence-electron chi connectivity index (χ3n) is 1.44. The average molecular weight is 183 g/mol. The van der Waals surface area contributed by atoms with Crippen molar-refractivity contribution in [3.05, 3.63) is 22.7 Å². The van der Waals surface area contributed by atoms with Gasteiger partial charge >= 0.3 is 0 Å². The predicted octanol–water partition coefficient (Wildman–Crippen LogP) is 1.80. The van der Waals surface area contributed by atoms with E-state index >= 15 is 0 Å². The summed E-state index contributed by atoms with van der Waals surface area (Å²) in [6.07, 6.45) is 0. The second-order valence-electron chi connectivity index (χ2n) is 2.19. The molecule has 1 aromatic carbocycles. The molecule has 0 radical (unpaired) electrons. The van der Waals surface area contributed by atoms with E-state index in [9.17, 15) is 0 Å². The van der Waals surface area contributed by atoms with Crippen LogP contribution in [0.2, 0.25) is 5.02 Å². The molecular weight excluding hydrogens is 176 g/mol. The summed E-state index contributed by atoms with van der Waals surface area (Å²) in [7, 11) is 1.49. The molecule has 0 bridgehead atoms. The highest BCUT2D eigenvalue weighted by molar-refractivity contribution is 6.32. The summed E-state index contributed by atoms with van der Waals surface area (Å²) >= 11 is 5.72. The maximum atomic E-state index is 8.58. The Bertz CT molecular complexity index is 343. The second-order valence-corrected chi connectivity index (χ2v) is 2.59. The number of nitrogens with zero attached hydrogens (tertiary/aromatic N) is 1. The van der Waals surface area contributed by atoms with Gasteiger partial charge in [-0.05, 0) is 6.07 Å². The van der Waals surface area contributed by atoms with Gasteiger partial charge in [0.1, 0.15) is 11.8 Å². The Morgan fingerprint density at radius 3 is 2.75 bits per heavy atom. The lowest BCUT2D eigenvalue weighted by molar-refractivity contribution is 0.417. The lowest BCUT2D eigenvalue weighted by Crippen LogP contribution is -1.93. The average Bonchev–Trinajstić information content (AvgIpc) is 2.08. The van der Waals surface area contributed by atoms with Crippen LogP contribution in [0.25, 0.3) is 0 Å². The van der Waals surface area contributed by atoms with Crippen molar-refractivity contribution in [2.45, 2.75) is 0 Å². The van der Waals surface area contributed by atoms with E-state index in [-0.39, 0.29) is 0 Å². The lowest BCUT2D eigenvalue weighted by atomic mass is 10.2. The fraction of sp³-hybridized carbons (Fsp3) is 0.125. The van der Waals surface area contributed by atoms with E-state index in [1.54, 1.807) is 0 Å². The molecule has 0 heterocycles. The van der Waals surface area contributed by atoms with Crippen LogP contribution in [-0.4, -0.2) is 7.11 Å². The van der Waals surface area contributed by atoms with Gasteiger partial charge in [-0.1, -0.05) is 11.6 Å². The number of anilines is 1. The topological polar surface area (TPSA) is 59.0 Å². The lowest BCUT2D eigenvalue weighted by Gasteiger charge is -2.04. The van der Waals surface area contributed by atoms with Gasteiger partial charge in [0.25, 0.3) is 0 Å². The van der Waals surface area contributed by atoms with E-state index in [0.717, 1.165) is 0 Å². The number of halogens is 1. The van der Waals surface area contributed by atoms with Crippen molar-refractivity contribution in [2.75, 3.05) is 12.8 Å². The summed E-state index contributed by atoms with van der Waals surface area (Å²) < 4.78 is 4.91. The summed E-state index contributed by atoms with van der Waals surface area (Å²) in [5.74, 6) is 0.485. The zero-order valence-corrected chi connectivity index (χ0v) is 7.22. The molecule has 1 rings (SSSR count). The molecule has 0 fully saturated rings. The van der Waals surface area contributed by atoms with Crippen LogP contribution >= 0.6 is 11.6 Å². The number of hydrogen-bond acceptors (Lipinski definition) is 3. The first kappa shape index (κ1) is 8.69. The van der Waals surface area contributed by atoms with Crippen molar-refractivity contribution in [1.29, 1.82) is 5.26 Å². The number of nitrogens with two attached hydrogens (primary N) is 1. The van der Waals surface area contributed by atoms with Crippen molar-refractivity contribution >= 4 is 17.3 Å². The molecule has 0 spiro atoms. The minimum absolute atomic E-state index is 0.351. The molecule has 0 aromatic heterocycles. The monoisotopic (exact) mass is 182 g/mol. The summed E-state index contributed by atoms with van der Waals surface area (Å²) in [6, 6.07) is 4.93. The fourth-order valence-electron chi connectivity index (χ4n) is 0.834. The molecule has 12 heavy (non-hydrogen) atoms. The van der Waals surface area contributed by atoms with Gasteiger partial charge in [0.05, 0.1) is 23.4 Å². The number of benzene rings is 1. The van der Waals surface area contributed by atoms with E-state index in [0.29, 0.717) is 22.0 Å². The van der Waals surface area contributed by atoms with Crippen molar-refractivity contribution in [3.8, 4) is 11.8 Å². The first-order chi connectivity index (χ1) is 5.69. The smallest absolute Gasteiger partial charge is 0.143 e. The molecular formula is C8H7ClN2O. The number of ether oxygens (including phenoxy) is 1. The molecule has 2 N–H and O–H groups in total. The standard InChI is InChI=1S/C8H7ClN2O/c1-12-8-3-6(9)5(4-10)2-7(8)11/h2-3H,11H2,1H3. The summed E-state index contributed by atoms with van der Waals surface area (Å²) in [5, 5.41) is 8.93. The molecule has 0 aliphatic rings. The Morgan fingerprint density at radius 1 is 1.58 bits per heavy atom. The fourth-order valence-corrected chi connectivity index (χ4v) is 1.03. The van der Waals surface area contributed by atoms with Crippen molar-refractivity contribution in [1.82, 2.24) is 0 Å². The summed E-state index contributed by atoms with van der Waals surface area (Å²) in [4.78, 5) is 0. The molecule has 1 aromatic rings. The van der Waals surface area contributed by atoms with Gasteiger partial charge in [0.2, 0.25) is 0 Å². The third-order valence-corrected chi connectivity index (χ3v) is 1.75. The Hall–Kier alpha value is -1.40. The van der Waals surface area contributed by atoms with Crippen LogP contribution < -0.4 is 10.5 Å². The number of rotatable bonds is 1. The molecule has 4 heteroatoms. The first-order valence-corrected chi connectivity index (χ1v) is 3.60. The van der Waals surface area contributed by atoms with E-state index in [1.807, 2.05) is 6.07 Å². The van der Waals surface area contributed by atoms with Gasteiger partial charge in [-0.2, -0.15) is 5.26 Å². The summed E-state index contributed by atoms with van der Waals surface area (Å²) in [6.45, 7) is 0. The van der Waals surface area contributed by atoms with E-state index in [4.69, 9.17) is 27.3 Å². The zero-order valence-electron chi connectivity index (χ0n) is 6.47. The quantitative estimate of drug-likeness (QED) is 0.674. The molecule has 62 valence electrons. The number of nitrogen functional groups attached to an aromatic ring is 1. The van der Waals surface area contributed by atoms with Gasteiger partial charge in [0.15, 0.2) is 0 Å². The van der Waals surface area contributed by atoms with Crippen LogP contribution in [0.4, 0.5) is 5.69 Å². The normalized spacial score (nSPS) is 9.08. The van der Waals surface area contributed by atoms with E-state index < -0.39 is 0 Å².